The first-order chi connectivity index (χ1) is 2.91. The van der Waals surface area contributed by atoms with Crippen molar-refractivity contribution in [2.45, 2.75) is 13.3 Å². The van der Waals surface area contributed by atoms with Crippen LogP contribution in [0.15, 0.2) is 0 Å². The molecule has 0 heterocycles. The largest absolute Gasteiger partial charge is 0.396 e. The van der Waals surface area contributed by atoms with E-state index in [9.17, 15) is 0 Å². The third-order valence-corrected chi connectivity index (χ3v) is 0.224. The molecule has 0 unspecified atom stereocenters. The van der Waals surface area contributed by atoms with Crippen LogP contribution in [-0.2, 0) is 0 Å². The summed E-state index contributed by atoms with van der Waals surface area (Å²) < 4.78 is 16.0. The highest BCUT2D eigenvalue weighted by atomic mass is 20.0. The predicted molar refractivity (Wildman–Crippen MR) is 19.6 cm³/mol. The summed E-state index contributed by atoms with van der Waals surface area (Å²) >= 11 is 0. The molecule has 1 nitrogen and oxygen atoms in total. The predicted octanol–water partition coefficient (Wildman–Crippen LogP) is 1.23. The molecule has 0 aliphatic heterocycles. The quantitative estimate of drug-likeness (QED) is 0.523. The zero-order valence-electron chi connectivity index (χ0n) is 3.62. The maximum Gasteiger partial charge on any atom is 0.0428 e. The molecule has 0 saturated heterocycles. The molecule has 6 heavy (non-hydrogen) atoms. The van der Waals surface area contributed by atoms with Gasteiger partial charge in [0.05, 0.1) is 0 Å². The van der Waals surface area contributed by atoms with E-state index in [1.807, 2.05) is 6.92 Å². The Labute approximate surface area is 35.5 Å². The maximum absolute atomic E-state index is 8.00. The van der Waals surface area contributed by atoms with Gasteiger partial charge in [-0.15, -0.1) is 0 Å². The first-order valence-corrected chi connectivity index (χ1v) is 1.67. The summed E-state index contributed by atoms with van der Waals surface area (Å²) in [5.41, 5.74) is 0. The van der Waals surface area contributed by atoms with E-state index < -0.39 is 0 Å². The molecule has 0 rings (SSSR count). The van der Waals surface area contributed by atoms with Gasteiger partial charge in [-0.05, 0) is 6.42 Å². The lowest BCUT2D eigenvalue weighted by molar-refractivity contribution is 0.108. The summed E-state index contributed by atoms with van der Waals surface area (Å²) in [5, 5.41) is 7.88. The highest BCUT2D eigenvalue weighted by molar-refractivity contribution is 4.10. The molecule has 0 aliphatic carbocycles. The van der Waals surface area contributed by atoms with Gasteiger partial charge in [-0.25, -0.2) is 0 Å². The molecular weight excluding hydrogens is 90.0 g/mol. The van der Waals surface area contributed by atoms with Gasteiger partial charge in [-0.3, -0.25) is 0 Å². The Morgan fingerprint density at radius 1 is 1.50 bits per heavy atom. The Balaban J connectivity index is 0. The topological polar surface area (TPSA) is 20.2 Å². The van der Waals surface area contributed by atoms with Crippen molar-refractivity contribution in [2.75, 3.05) is 6.61 Å². The minimum absolute atomic E-state index is 0.319. The van der Waals surface area contributed by atoms with E-state index in [2.05, 4.69) is 0 Å². The molecular formula is C3H8F2O. The standard InChI is InChI=1S/C3H8O.F2/c1-2-3-4;1-2/h4H,2-3H2,1H3;. The number of hydrogen-bond acceptors (Lipinski definition) is 1. The van der Waals surface area contributed by atoms with E-state index in [0.717, 1.165) is 6.42 Å². The number of aliphatic hydroxyl groups is 1. The van der Waals surface area contributed by atoms with Crippen LogP contribution >= 0.6 is 0 Å². The number of rotatable bonds is 1. The molecule has 1 N–H and O–H groups in total. The minimum atomic E-state index is 0.319. The van der Waals surface area contributed by atoms with Crippen molar-refractivity contribution >= 4 is 0 Å². The van der Waals surface area contributed by atoms with Gasteiger partial charge in [0.1, 0.15) is 0 Å². The molecule has 3 heteroatoms. The molecule has 40 valence electrons. The summed E-state index contributed by atoms with van der Waals surface area (Å²) in [4.78, 5) is 0. The molecule has 0 aromatic carbocycles. The van der Waals surface area contributed by atoms with Crippen molar-refractivity contribution in [3.8, 4) is 0 Å². The fourth-order valence-electron chi connectivity index (χ4n) is 0. The molecule has 0 radical (unpaired) electrons. The van der Waals surface area contributed by atoms with Crippen LogP contribution in [0.5, 0.6) is 0 Å². The van der Waals surface area contributed by atoms with Gasteiger partial charge in [-0.1, -0.05) is 6.92 Å². The zero-order valence-corrected chi connectivity index (χ0v) is 3.62. The molecule has 0 aromatic rings. The maximum atomic E-state index is 8.00. The summed E-state index contributed by atoms with van der Waals surface area (Å²) in [6.45, 7) is 2.25. The lowest BCUT2D eigenvalue weighted by atomic mass is 10.5. The normalized spacial score (nSPS) is 6.00. The van der Waals surface area contributed by atoms with Gasteiger partial charge in [-0.2, -0.15) is 0 Å². The van der Waals surface area contributed by atoms with Crippen LogP contribution in [0.25, 0.3) is 0 Å². The van der Waals surface area contributed by atoms with Crippen LogP contribution in [0.2, 0.25) is 0 Å². The second kappa shape index (κ2) is 21.2. The Kier molecular flexibility index (Phi) is 32.8. The van der Waals surface area contributed by atoms with Gasteiger partial charge in [0.25, 0.3) is 0 Å². The SMILES string of the molecule is CCCO.FF. The van der Waals surface area contributed by atoms with E-state index >= 15 is 0 Å². The lowest BCUT2D eigenvalue weighted by Crippen LogP contribution is -1.69. The number of aliphatic hydroxyl groups excluding tert-OH is 1. The average Bonchev–Trinajstić information content (AvgIpc) is 1.72. The fourth-order valence-corrected chi connectivity index (χ4v) is 0. The lowest BCUT2D eigenvalue weighted by Gasteiger charge is -1.69. The second-order valence-corrected chi connectivity index (χ2v) is 0.724. The molecule has 0 aliphatic rings. The van der Waals surface area contributed by atoms with Gasteiger partial charge in [0.2, 0.25) is 0 Å². The van der Waals surface area contributed by atoms with E-state index in [1.165, 1.54) is 0 Å². The Morgan fingerprint density at radius 3 is 1.67 bits per heavy atom. The van der Waals surface area contributed by atoms with Gasteiger partial charge < -0.3 is 5.11 Å². The first kappa shape index (κ1) is 9.27. The smallest absolute Gasteiger partial charge is 0.0428 e. The van der Waals surface area contributed by atoms with E-state index in [4.69, 9.17) is 14.3 Å². The van der Waals surface area contributed by atoms with Crippen LogP contribution in [0.1, 0.15) is 13.3 Å². The molecule has 0 saturated carbocycles. The van der Waals surface area contributed by atoms with Crippen LogP contribution < -0.4 is 0 Å². The van der Waals surface area contributed by atoms with Gasteiger partial charge >= 0.3 is 0 Å². The Morgan fingerprint density at radius 2 is 1.67 bits per heavy atom. The molecule has 0 amide bonds. The number of halogens is 2. The Hall–Kier alpha value is -0.180. The minimum Gasteiger partial charge on any atom is -0.396 e. The summed E-state index contributed by atoms with van der Waals surface area (Å²) in [7, 11) is 0. The average molecular weight is 98.1 g/mol. The Bertz CT molecular complexity index is 10.8. The molecule has 0 atom stereocenters. The zero-order chi connectivity index (χ0) is 5.41. The van der Waals surface area contributed by atoms with E-state index in [0.29, 0.717) is 6.61 Å². The summed E-state index contributed by atoms with van der Waals surface area (Å²) in [6, 6.07) is 0. The number of hydrogen-bond donors (Lipinski definition) is 1. The van der Waals surface area contributed by atoms with Crippen molar-refractivity contribution in [3.05, 3.63) is 0 Å². The van der Waals surface area contributed by atoms with Crippen LogP contribution in [0.4, 0.5) is 9.15 Å². The second-order valence-electron chi connectivity index (χ2n) is 0.724. The molecule has 0 aromatic heterocycles. The van der Waals surface area contributed by atoms with Crippen LogP contribution in [0.3, 0.4) is 0 Å². The van der Waals surface area contributed by atoms with Crippen molar-refractivity contribution in [1.29, 1.82) is 0 Å². The molecule has 0 fully saturated rings. The third kappa shape index (κ3) is 45.2. The van der Waals surface area contributed by atoms with E-state index in [-0.39, 0.29) is 0 Å². The summed E-state index contributed by atoms with van der Waals surface area (Å²) in [5.74, 6) is 0. The van der Waals surface area contributed by atoms with Crippen LogP contribution in [0, 0.1) is 0 Å². The monoisotopic (exact) mass is 98.1 g/mol. The van der Waals surface area contributed by atoms with Crippen LogP contribution in [-0.4, -0.2) is 11.7 Å². The van der Waals surface area contributed by atoms with Gasteiger partial charge in [0, 0.05) is 15.8 Å². The third-order valence-electron chi connectivity index (χ3n) is 0.224. The molecule has 0 spiro atoms. The molecule has 0 bridgehead atoms. The van der Waals surface area contributed by atoms with Gasteiger partial charge in [0.15, 0.2) is 0 Å². The first-order valence-electron chi connectivity index (χ1n) is 1.67. The highest BCUT2D eigenvalue weighted by Crippen LogP contribution is 1.61. The van der Waals surface area contributed by atoms with Crippen molar-refractivity contribution in [2.24, 2.45) is 0 Å². The highest BCUT2D eigenvalue weighted by Gasteiger charge is 1.57. The van der Waals surface area contributed by atoms with Crippen molar-refractivity contribution in [3.63, 3.8) is 0 Å². The fraction of sp³-hybridized carbons (Fsp3) is 1.00. The van der Waals surface area contributed by atoms with E-state index in [1.54, 1.807) is 0 Å². The van der Waals surface area contributed by atoms with Crippen molar-refractivity contribution in [1.82, 2.24) is 0 Å². The van der Waals surface area contributed by atoms with Crippen molar-refractivity contribution < 1.29 is 14.3 Å². The summed E-state index contributed by atoms with van der Waals surface area (Å²) in [6.07, 6.45) is 0.875.